The number of nitrogens with two attached hydrogens (primary N) is 1. The number of hydrogen-bond donors (Lipinski definition) is 2. The van der Waals surface area contributed by atoms with Crippen LogP contribution in [-0.2, 0) is 0 Å². The van der Waals surface area contributed by atoms with Gasteiger partial charge in [0.25, 0.3) is 5.91 Å². The Kier molecular flexibility index (Phi) is 7.14. The largest absolute Gasteiger partial charge is 0.366 e. The number of amides is 2. The van der Waals surface area contributed by atoms with Crippen molar-refractivity contribution in [1.29, 1.82) is 0 Å². The van der Waals surface area contributed by atoms with Crippen LogP contribution in [0.1, 0.15) is 39.8 Å². The first-order chi connectivity index (χ1) is 9.61. The van der Waals surface area contributed by atoms with Crippen molar-refractivity contribution in [3.8, 4) is 0 Å². The third-order valence-corrected chi connectivity index (χ3v) is 4.60. The molecule has 1 fully saturated rings. The number of rotatable bonds is 5. The monoisotopic (exact) mass is 331 g/mol. The number of hydrogen-bond acceptors (Lipinski definition) is 4. The van der Waals surface area contributed by atoms with Gasteiger partial charge in [-0.2, -0.15) is 0 Å². The molecule has 3 N–H and O–H groups in total. The molecule has 0 aliphatic carbocycles. The van der Waals surface area contributed by atoms with Crippen LogP contribution in [0.2, 0.25) is 0 Å². The SMILES string of the molecule is CCNCC1CCN(C(=O)c2cc(C(N)=O)cs2)CC1.Cl. The lowest BCUT2D eigenvalue weighted by molar-refractivity contribution is 0.0695. The number of carbonyl (C=O) groups excluding carboxylic acids is 2. The fourth-order valence-corrected chi connectivity index (χ4v) is 3.29. The van der Waals surface area contributed by atoms with Crippen molar-refractivity contribution in [3.05, 3.63) is 21.9 Å². The van der Waals surface area contributed by atoms with E-state index in [0.717, 1.165) is 39.0 Å². The van der Waals surface area contributed by atoms with Crippen LogP contribution in [0.15, 0.2) is 11.4 Å². The highest BCUT2D eigenvalue weighted by Crippen LogP contribution is 2.21. The van der Waals surface area contributed by atoms with E-state index in [1.807, 2.05) is 4.90 Å². The van der Waals surface area contributed by atoms with Crippen molar-refractivity contribution in [3.63, 3.8) is 0 Å². The summed E-state index contributed by atoms with van der Waals surface area (Å²) >= 11 is 1.29. The summed E-state index contributed by atoms with van der Waals surface area (Å²) < 4.78 is 0. The molecule has 0 atom stereocenters. The van der Waals surface area contributed by atoms with Gasteiger partial charge in [0.1, 0.15) is 0 Å². The zero-order chi connectivity index (χ0) is 14.5. The smallest absolute Gasteiger partial charge is 0.263 e. The van der Waals surface area contributed by atoms with E-state index in [4.69, 9.17) is 5.73 Å². The summed E-state index contributed by atoms with van der Waals surface area (Å²) in [5, 5.41) is 5.00. The first kappa shape index (κ1) is 17.9. The van der Waals surface area contributed by atoms with Crippen LogP contribution in [0.3, 0.4) is 0 Å². The van der Waals surface area contributed by atoms with E-state index in [1.54, 1.807) is 11.4 Å². The molecule has 2 rings (SSSR count). The fraction of sp³-hybridized carbons (Fsp3) is 0.571. The lowest BCUT2D eigenvalue weighted by atomic mass is 9.96. The third-order valence-electron chi connectivity index (χ3n) is 3.68. The Morgan fingerprint density at radius 1 is 1.43 bits per heavy atom. The van der Waals surface area contributed by atoms with Crippen LogP contribution in [0.25, 0.3) is 0 Å². The molecule has 0 radical (unpaired) electrons. The number of thiophene rings is 1. The highest BCUT2D eigenvalue weighted by molar-refractivity contribution is 7.12. The average Bonchev–Trinajstić information content (AvgIpc) is 2.95. The van der Waals surface area contributed by atoms with Gasteiger partial charge in [-0.15, -0.1) is 23.7 Å². The van der Waals surface area contributed by atoms with Crippen molar-refractivity contribution in [2.75, 3.05) is 26.2 Å². The highest BCUT2D eigenvalue weighted by atomic mass is 35.5. The zero-order valence-corrected chi connectivity index (χ0v) is 13.8. The number of carbonyl (C=O) groups is 2. The molecule has 0 bridgehead atoms. The maximum atomic E-state index is 12.3. The van der Waals surface area contributed by atoms with Gasteiger partial charge in [-0.25, -0.2) is 0 Å². The standard InChI is InChI=1S/C14H21N3O2S.ClH/c1-2-16-8-10-3-5-17(6-4-10)14(19)12-7-11(9-20-12)13(15)18;/h7,9-10,16H,2-6,8H2,1H3,(H2,15,18);1H. The highest BCUT2D eigenvalue weighted by Gasteiger charge is 2.24. The van der Waals surface area contributed by atoms with Crippen molar-refractivity contribution in [2.24, 2.45) is 11.7 Å². The normalized spacial score (nSPS) is 15.6. The first-order valence-electron chi connectivity index (χ1n) is 7.00. The van der Waals surface area contributed by atoms with Crippen molar-refractivity contribution < 1.29 is 9.59 Å². The molecular formula is C14H22ClN3O2S. The van der Waals surface area contributed by atoms with Crippen molar-refractivity contribution in [2.45, 2.75) is 19.8 Å². The van der Waals surface area contributed by atoms with Gasteiger partial charge in [0, 0.05) is 18.5 Å². The zero-order valence-electron chi connectivity index (χ0n) is 12.1. The number of likely N-dealkylation sites (tertiary alicyclic amines) is 1. The minimum atomic E-state index is -0.482. The van der Waals surface area contributed by atoms with Gasteiger partial charge in [-0.1, -0.05) is 6.92 Å². The lowest BCUT2D eigenvalue weighted by Crippen LogP contribution is -2.40. The second-order valence-electron chi connectivity index (χ2n) is 5.11. The molecule has 118 valence electrons. The van der Waals surface area contributed by atoms with Gasteiger partial charge in [-0.05, 0) is 37.9 Å². The van der Waals surface area contributed by atoms with Gasteiger partial charge in [-0.3, -0.25) is 9.59 Å². The topological polar surface area (TPSA) is 75.4 Å². The van der Waals surface area contributed by atoms with E-state index in [0.29, 0.717) is 16.4 Å². The van der Waals surface area contributed by atoms with E-state index in [2.05, 4.69) is 12.2 Å². The van der Waals surface area contributed by atoms with Gasteiger partial charge < -0.3 is 16.0 Å². The second kappa shape index (κ2) is 8.36. The fourth-order valence-electron chi connectivity index (χ4n) is 2.42. The van der Waals surface area contributed by atoms with E-state index >= 15 is 0 Å². The summed E-state index contributed by atoms with van der Waals surface area (Å²) in [5.74, 6) is 0.192. The predicted molar refractivity (Wildman–Crippen MR) is 87.3 cm³/mol. The molecule has 0 unspecified atom stereocenters. The Labute approximate surface area is 135 Å². The number of halogens is 1. The minimum absolute atomic E-state index is 0. The lowest BCUT2D eigenvalue weighted by Gasteiger charge is -2.31. The molecular weight excluding hydrogens is 310 g/mol. The number of nitrogens with one attached hydrogen (secondary N) is 1. The van der Waals surface area contributed by atoms with Gasteiger partial charge >= 0.3 is 0 Å². The van der Waals surface area contributed by atoms with Crippen molar-refractivity contribution in [1.82, 2.24) is 10.2 Å². The van der Waals surface area contributed by atoms with E-state index in [-0.39, 0.29) is 18.3 Å². The minimum Gasteiger partial charge on any atom is -0.366 e. The maximum Gasteiger partial charge on any atom is 0.263 e. The summed E-state index contributed by atoms with van der Waals surface area (Å²) in [6, 6.07) is 1.60. The summed E-state index contributed by atoms with van der Waals surface area (Å²) in [5.41, 5.74) is 5.62. The predicted octanol–water partition coefficient (Wildman–Crippen LogP) is 1.73. The van der Waals surface area contributed by atoms with E-state index in [1.165, 1.54) is 11.3 Å². The molecule has 5 nitrogen and oxygen atoms in total. The Morgan fingerprint density at radius 2 is 2.10 bits per heavy atom. The molecule has 1 aliphatic heterocycles. The van der Waals surface area contributed by atoms with E-state index < -0.39 is 5.91 Å². The van der Waals surface area contributed by atoms with Crippen LogP contribution in [0.4, 0.5) is 0 Å². The van der Waals surface area contributed by atoms with Gasteiger partial charge in [0.15, 0.2) is 0 Å². The second-order valence-corrected chi connectivity index (χ2v) is 6.02. The van der Waals surface area contributed by atoms with E-state index in [9.17, 15) is 9.59 Å². The van der Waals surface area contributed by atoms with Crippen LogP contribution in [0, 0.1) is 5.92 Å². The molecule has 1 aromatic rings. The molecule has 21 heavy (non-hydrogen) atoms. The van der Waals surface area contributed by atoms with Gasteiger partial charge in [0.2, 0.25) is 5.91 Å². The molecule has 0 saturated carbocycles. The molecule has 0 aromatic carbocycles. The Balaban J connectivity index is 0.00000220. The molecule has 2 amide bonds. The van der Waals surface area contributed by atoms with Crippen LogP contribution < -0.4 is 11.1 Å². The Bertz CT molecular complexity index is 484. The van der Waals surface area contributed by atoms with Crippen LogP contribution in [-0.4, -0.2) is 42.9 Å². The Hall–Kier alpha value is -1.11. The summed E-state index contributed by atoms with van der Waals surface area (Å²) in [7, 11) is 0. The van der Waals surface area contributed by atoms with Crippen LogP contribution >= 0.6 is 23.7 Å². The summed E-state index contributed by atoms with van der Waals surface area (Å²) in [4.78, 5) is 25.9. The number of primary amides is 1. The quantitative estimate of drug-likeness (QED) is 0.862. The molecule has 7 heteroatoms. The molecule has 1 aliphatic rings. The first-order valence-corrected chi connectivity index (χ1v) is 7.88. The molecule has 0 spiro atoms. The molecule has 2 heterocycles. The van der Waals surface area contributed by atoms with Gasteiger partial charge in [0.05, 0.1) is 10.4 Å². The number of piperidine rings is 1. The maximum absolute atomic E-state index is 12.3. The summed E-state index contributed by atoms with van der Waals surface area (Å²) in [6.07, 6.45) is 2.07. The summed E-state index contributed by atoms with van der Waals surface area (Å²) in [6.45, 7) is 5.71. The molecule has 1 aromatic heterocycles. The third kappa shape index (κ3) is 4.69. The number of nitrogens with zero attached hydrogens (tertiary/aromatic N) is 1. The van der Waals surface area contributed by atoms with Crippen LogP contribution in [0.5, 0.6) is 0 Å². The Morgan fingerprint density at radius 3 is 2.62 bits per heavy atom. The van der Waals surface area contributed by atoms with Crippen molar-refractivity contribution >= 4 is 35.6 Å². The average molecular weight is 332 g/mol. The molecule has 1 saturated heterocycles.